The Morgan fingerprint density at radius 1 is 1.35 bits per heavy atom. The van der Waals surface area contributed by atoms with Crippen LogP contribution in [0.25, 0.3) is 0 Å². The minimum absolute atomic E-state index is 0.457. The summed E-state index contributed by atoms with van der Waals surface area (Å²) in [4.78, 5) is 0. The molecule has 1 rings (SSSR count). The third-order valence-electron chi connectivity index (χ3n) is 2.80. The average molecular weight is 265 g/mol. The minimum atomic E-state index is -3.31. The molecule has 0 unspecified atom stereocenters. The van der Waals surface area contributed by atoms with Crippen molar-refractivity contribution >= 4 is 10.2 Å². The molecular formula is C10H23N3O3S. The molecule has 1 saturated heterocycles. The van der Waals surface area contributed by atoms with Crippen molar-refractivity contribution < 1.29 is 13.2 Å². The highest BCUT2D eigenvalue weighted by atomic mass is 32.2. The van der Waals surface area contributed by atoms with Gasteiger partial charge in [0.2, 0.25) is 0 Å². The largest absolute Gasteiger partial charge is 0.380 e. The van der Waals surface area contributed by atoms with Gasteiger partial charge in [-0.1, -0.05) is 0 Å². The fourth-order valence-electron chi connectivity index (χ4n) is 1.74. The maximum Gasteiger partial charge on any atom is 0.281 e. The van der Waals surface area contributed by atoms with Crippen LogP contribution in [-0.4, -0.2) is 70.5 Å². The second-order valence-corrected chi connectivity index (χ2v) is 6.19. The summed E-state index contributed by atoms with van der Waals surface area (Å²) in [6.45, 7) is 3.51. The first-order valence-electron chi connectivity index (χ1n) is 6.03. The predicted molar refractivity (Wildman–Crippen MR) is 67.1 cm³/mol. The summed E-state index contributed by atoms with van der Waals surface area (Å²) < 4.78 is 32.6. The Morgan fingerprint density at radius 2 is 2.12 bits per heavy atom. The van der Waals surface area contributed by atoms with Gasteiger partial charge in [0.05, 0.1) is 6.61 Å². The Kier molecular flexibility index (Phi) is 6.35. The first-order valence-corrected chi connectivity index (χ1v) is 7.42. The third-order valence-corrected chi connectivity index (χ3v) is 4.79. The van der Waals surface area contributed by atoms with Crippen molar-refractivity contribution in [2.75, 3.05) is 53.5 Å². The van der Waals surface area contributed by atoms with Gasteiger partial charge >= 0.3 is 0 Å². The van der Waals surface area contributed by atoms with Crippen molar-refractivity contribution in [1.82, 2.24) is 13.9 Å². The molecule has 0 bridgehead atoms. The van der Waals surface area contributed by atoms with E-state index >= 15 is 0 Å². The molecule has 0 amide bonds. The highest BCUT2D eigenvalue weighted by Gasteiger charge is 2.26. The molecule has 0 aliphatic carbocycles. The number of nitrogens with zero attached hydrogens (tertiary/aromatic N) is 2. The van der Waals surface area contributed by atoms with E-state index in [1.54, 1.807) is 7.05 Å². The molecule has 17 heavy (non-hydrogen) atoms. The highest BCUT2D eigenvalue weighted by Crippen LogP contribution is 2.10. The van der Waals surface area contributed by atoms with Gasteiger partial charge in [-0.05, 0) is 26.4 Å². The van der Waals surface area contributed by atoms with Gasteiger partial charge in [0.1, 0.15) is 0 Å². The lowest BCUT2D eigenvalue weighted by molar-refractivity contribution is 0.147. The highest BCUT2D eigenvalue weighted by molar-refractivity contribution is 7.86. The van der Waals surface area contributed by atoms with Crippen LogP contribution in [0.2, 0.25) is 0 Å². The van der Waals surface area contributed by atoms with E-state index < -0.39 is 10.2 Å². The SMILES string of the molecule is CNCCCN(C)S(=O)(=O)N1CCCOCC1. The first kappa shape index (κ1) is 14.8. The van der Waals surface area contributed by atoms with Crippen molar-refractivity contribution in [2.45, 2.75) is 12.8 Å². The van der Waals surface area contributed by atoms with Crippen LogP contribution in [0.3, 0.4) is 0 Å². The van der Waals surface area contributed by atoms with E-state index in [1.807, 2.05) is 7.05 Å². The van der Waals surface area contributed by atoms with Gasteiger partial charge in [-0.2, -0.15) is 17.0 Å². The molecule has 0 aromatic heterocycles. The molecule has 0 radical (unpaired) electrons. The van der Waals surface area contributed by atoms with Crippen molar-refractivity contribution in [2.24, 2.45) is 0 Å². The molecule has 0 atom stereocenters. The minimum Gasteiger partial charge on any atom is -0.380 e. The topological polar surface area (TPSA) is 61.9 Å². The molecule has 1 heterocycles. The van der Waals surface area contributed by atoms with Crippen molar-refractivity contribution in [3.05, 3.63) is 0 Å². The van der Waals surface area contributed by atoms with Gasteiger partial charge in [-0.3, -0.25) is 0 Å². The van der Waals surface area contributed by atoms with Crippen LogP contribution in [0.5, 0.6) is 0 Å². The summed E-state index contributed by atoms with van der Waals surface area (Å²) in [5, 5.41) is 3.01. The first-order chi connectivity index (χ1) is 8.09. The van der Waals surface area contributed by atoms with Gasteiger partial charge in [0.15, 0.2) is 0 Å². The monoisotopic (exact) mass is 265 g/mol. The fourth-order valence-corrected chi connectivity index (χ4v) is 3.16. The van der Waals surface area contributed by atoms with E-state index in [0.717, 1.165) is 19.4 Å². The fraction of sp³-hybridized carbons (Fsp3) is 1.00. The molecule has 1 N–H and O–H groups in total. The Morgan fingerprint density at radius 3 is 2.82 bits per heavy atom. The lowest BCUT2D eigenvalue weighted by Crippen LogP contribution is -2.43. The number of rotatable bonds is 6. The normalized spacial score (nSPS) is 19.5. The van der Waals surface area contributed by atoms with Crippen LogP contribution in [-0.2, 0) is 14.9 Å². The zero-order chi connectivity index (χ0) is 12.7. The second-order valence-electron chi connectivity index (χ2n) is 4.15. The van der Waals surface area contributed by atoms with Crippen LogP contribution in [0.1, 0.15) is 12.8 Å². The predicted octanol–water partition coefficient (Wildman–Crippen LogP) is -0.505. The molecule has 1 aliphatic rings. The van der Waals surface area contributed by atoms with E-state index in [1.165, 1.54) is 8.61 Å². The average Bonchev–Trinajstić information content (AvgIpc) is 2.58. The smallest absolute Gasteiger partial charge is 0.281 e. The zero-order valence-corrected chi connectivity index (χ0v) is 11.5. The Balaban J connectivity index is 2.52. The van der Waals surface area contributed by atoms with Crippen LogP contribution >= 0.6 is 0 Å². The van der Waals surface area contributed by atoms with Gasteiger partial charge in [-0.25, -0.2) is 0 Å². The molecule has 0 aromatic carbocycles. The Hall–Kier alpha value is -0.210. The molecule has 0 aromatic rings. The molecule has 0 saturated carbocycles. The summed E-state index contributed by atoms with van der Waals surface area (Å²) in [5.74, 6) is 0. The molecule has 7 heteroatoms. The quantitative estimate of drug-likeness (QED) is 0.657. The van der Waals surface area contributed by atoms with E-state index in [9.17, 15) is 8.42 Å². The van der Waals surface area contributed by atoms with Gasteiger partial charge in [-0.15, -0.1) is 0 Å². The van der Waals surface area contributed by atoms with Crippen LogP contribution in [0.15, 0.2) is 0 Å². The zero-order valence-electron chi connectivity index (χ0n) is 10.7. The number of nitrogens with one attached hydrogen (secondary N) is 1. The summed E-state index contributed by atoms with van der Waals surface area (Å²) in [6, 6.07) is 0. The summed E-state index contributed by atoms with van der Waals surface area (Å²) in [6.07, 6.45) is 1.58. The lowest BCUT2D eigenvalue weighted by atomic mass is 10.4. The maximum absolute atomic E-state index is 12.2. The van der Waals surface area contributed by atoms with Crippen LogP contribution in [0, 0.1) is 0 Å². The maximum atomic E-state index is 12.2. The van der Waals surface area contributed by atoms with Gasteiger partial charge < -0.3 is 10.1 Å². The van der Waals surface area contributed by atoms with E-state index in [4.69, 9.17) is 4.74 Å². The van der Waals surface area contributed by atoms with Crippen LogP contribution < -0.4 is 5.32 Å². The second kappa shape index (κ2) is 7.27. The van der Waals surface area contributed by atoms with Crippen molar-refractivity contribution in [3.63, 3.8) is 0 Å². The standard InChI is InChI=1S/C10H23N3O3S/c1-11-5-3-6-12(2)17(14,15)13-7-4-9-16-10-8-13/h11H,3-10H2,1-2H3. The Labute approximate surface area is 104 Å². The van der Waals surface area contributed by atoms with E-state index in [2.05, 4.69) is 5.32 Å². The van der Waals surface area contributed by atoms with Crippen molar-refractivity contribution in [3.8, 4) is 0 Å². The molecule has 1 aliphatic heterocycles. The number of ether oxygens (including phenoxy) is 1. The number of hydrogen-bond acceptors (Lipinski definition) is 4. The third kappa shape index (κ3) is 4.51. The van der Waals surface area contributed by atoms with E-state index in [-0.39, 0.29) is 0 Å². The molecule has 1 fully saturated rings. The molecule has 0 spiro atoms. The summed E-state index contributed by atoms with van der Waals surface area (Å²) in [5.41, 5.74) is 0. The summed E-state index contributed by atoms with van der Waals surface area (Å²) in [7, 11) is 0.190. The lowest BCUT2D eigenvalue weighted by Gasteiger charge is -2.25. The Bertz CT molecular complexity index is 300. The number of hydrogen-bond donors (Lipinski definition) is 1. The van der Waals surface area contributed by atoms with Crippen LogP contribution in [0.4, 0.5) is 0 Å². The summed E-state index contributed by atoms with van der Waals surface area (Å²) >= 11 is 0. The van der Waals surface area contributed by atoms with Gasteiger partial charge in [0.25, 0.3) is 10.2 Å². The molecule has 6 nitrogen and oxygen atoms in total. The van der Waals surface area contributed by atoms with E-state index in [0.29, 0.717) is 32.8 Å². The molecule has 102 valence electrons. The van der Waals surface area contributed by atoms with Crippen molar-refractivity contribution in [1.29, 1.82) is 0 Å². The molecular weight excluding hydrogens is 242 g/mol. The van der Waals surface area contributed by atoms with Gasteiger partial charge in [0, 0.05) is 33.3 Å².